The Balaban J connectivity index is 0. The molecule has 0 spiro atoms. The van der Waals surface area contributed by atoms with Crippen molar-refractivity contribution in [1.29, 1.82) is 0 Å². The van der Waals surface area contributed by atoms with Crippen molar-refractivity contribution in [2.75, 3.05) is 12.3 Å². The quantitative estimate of drug-likeness (QED) is 0.613. The number of rotatable bonds is 3. The minimum atomic E-state index is -5.77. The maximum atomic E-state index is 11.9. The van der Waals surface area contributed by atoms with Crippen molar-refractivity contribution in [3.05, 3.63) is 0 Å². The van der Waals surface area contributed by atoms with Crippen LogP contribution in [0.25, 0.3) is 0 Å². The highest BCUT2D eigenvalue weighted by Crippen LogP contribution is 2.49. The van der Waals surface area contributed by atoms with Crippen LogP contribution in [0, 0.1) is 0 Å². The third-order valence-electron chi connectivity index (χ3n) is 1.20. The average molecular weight is 280 g/mol. The zero-order chi connectivity index (χ0) is 11.6. The van der Waals surface area contributed by atoms with Crippen LogP contribution in [0.1, 0.15) is 0 Å². The summed E-state index contributed by atoms with van der Waals surface area (Å²) in [5.74, 6) is -0.643. The molecule has 0 fully saturated rings. The van der Waals surface area contributed by atoms with E-state index in [1.807, 2.05) is 0 Å². The molecule has 0 aromatic rings. The molecular formula is C5H8ClF6NOS. The number of nitrogens with two attached hydrogens (primary N) is 1. The molecular weight excluding hydrogens is 272 g/mol. The second-order valence-electron chi connectivity index (χ2n) is 2.28. The molecule has 10 heteroatoms. The van der Waals surface area contributed by atoms with E-state index in [1.54, 1.807) is 0 Å². The number of hydrogen-bond acceptors (Lipinski definition) is 3. The number of hydrogen-bond donors (Lipinski definition) is 2. The third-order valence-corrected chi connectivity index (χ3v) is 2.52. The van der Waals surface area contributed by atoms with Gasteiger partial charge in [-0.15, -0.1) is 24.2 Å². The van der Waals surface area contributed by atoms with Gasteiger partial charge in [0, 0.05) is 12.3 Å². The molecule has 0 aliphatic rings. The van der Waals surface area contributed by atoms with E-state index in [9.17, 15) is 26.3 Å². The van der Waals surface area contributed by atoms with Crippen LogP contribution in [-0.2, 0) is 0 Å². The minimum absolute atomic E-state index is 0. The molecule has 0 rings (SSSR count). The van der Waals surface area contributed by atoms with Crippen molar-refractivity contribution in [3.63, 3.8) is 0 Å². The highest BCUT2D eigenvalue weighted by molar-refractivity contribution is 8.00. The molecule has 15 heavy (non-hydrogen) atoms. The first-order valence-corrected chi connectivity index (χ1v) is 4.24. The van der Waals surface area contributed by atoms with E-state index in [0.29, 0.717) is 0 Å². The molecule has 0 aromatic heterocycles. The number of thioether (sulfide) groups is 1. The summed E-state index contributed by atoms with van der Waals surface area (Å²) in [4.78, 5) is -4.74. The van der Waals surface area contributed by atoms with Crippen molar-refractivity contribution in [2.24, 2.45) is 5.73 Å². The van der Waals surface area contributed by atoms with Gasteiger partial charge in [-0.25, -0.2) is 0 Å². The van der Waals surface area contributed by atoms with Crippen LogP contribution in [-0.4, -0.2) is 34.7 Å². The third kappa shape index (κ3) is 3.89. The monoisotopic (exact) mass is 279 g/mol. The van der Waals surface area contributed by atoms with Gasteiger partial charge in [0.05, 0.1) is 0 Å². The predicted molar refractivity (Wildman–Crippen MR) is 45.8 cm³/mol. The van der Waals surface area contributed by atoms with Crippen molar-refractivity contribution in [2.45, 2.75) is 17.3 Å². The smallest absolute Gasteiger partial charge is 0.364 e. The van der Waals surface area contributed by atoms with Crippen molar-refractivity contribution < 1.29 is 31.4 Å². The van der Waals surface area contributed by atoms with E-state index < -0.39 is 34.8 Å². The van der Waals surface area contributed by atoms with Gasteiger partial charge in [-0.2, -0.15) is 26.3 Å². The van der Waals surface area contributed by atoms with Gasteiger partial charge in [-0.05, 0) is 0 Å². The van der Waals surface area contributed by atoms with E-state index in [2.05, 4.69) is 0 Å². The second kappa shape index (κ2) is 5.46. The molecule has 0 heterocycles. The zero-order valence-corrected chi connectivity index (χ0v) is 8.66. The Kier molecular flexibility index (Phi) is 6.39. The lowest BCUT2D eigenvalue weighted by Crippen LogP contribution is -2.54. The number of aliphatic hydroxyl groups is 1. The summed E-state index contributed by atoms with van der Waals surface area (Å²) in [6, 6.07) is 0. The Labute approximate surface area is 91.6 Å². The summed E-state index contributed by atoms with van der Waals surface area (Å²) in [7, 11) is 0. The largest absolute Gasteiger partial charge is 0.436 e. The van der Waals surface area contributed by atoms with Crippen LogP contribution in [0.15, 0.2) is 0 Å². The Hall–Kier alpha value is 0.140. The van der Waals surface area contributed by atoms with Crippen LogP contribution in [0.3, 0.4) is 0 Å². The standard InChI is InChI=1S/C5H7F6NOS.ClH/c6-4(7,8)3(13,5(9,10)11)14-2-1-12;/h13H,1-2,12H2;1H. The summed E-state index contributed by atoms with van der Waals surface area (Å²) < 4.78 is 71.4. The van der Waals surface area contributed by atoms with E-state index in [4.69, 9.17) is 10.8 Å². The Bertz CT molecular complexity index is 181. The first-order chi connectivity index (χ1) is 6.06. The highest BCUT2D eigenvalue weighted by atomic mass is 35.5. The summed E-state index contributed by atoms with van der Waals surface area (Å²) >= 11 is -0.682. The van der Waals surface area contributed by atoms with Crippen LogP contribution >= 0.6 is 24.2 Å². The Morgan fingerprint density at radius 2 is 1.33 bits per heavy atom. The van der Waals surface area contributed by atoms with Gasteiger partial charge in [-0.3, -0.25) is 0 Å². The summed E-state index contributed by atoms with van der Waals surface area (Å²) in [6.45, 7) is -0.390. The van der Waals surface area contributed by atoms with Crippen LogP contribution in [0.4, 0.5) is 26.3 Å². The molecule has 0 bridgehead atoms. The topological polar surface area (TPSA) is 46.2 Å². The van der Waals surface area contributed by atoms with Gasteiger partial charge in [0.1, 0.15) is 0 Å². The lowest BCUT2D eigenvalue weighted by atomic mass is 10.3. The molecule has 94 valence electrons. The molecule has 0 radical (unpaired) electrons. The number of alkyl halides is 6. The normalized spacial score (nSPS) is 13.6. The fraction of sp³-hybridized carbons (Fsp3) is 1.00. The van der Waals surface area contributed by atoms with E-state index in [0.717, 1.165) is 0 Å². The number of halogens is 7. The lowest BCUT2D eigenvalue weighted by Gasteiger charge is -2.31. The fourth-order valence-corrected chi connectivity index (χ4v) is 1.27. The summed E-state index contributed by atoms with van der Waals surface area (Å²) in [6.07, 6.45) is -11.5. The molecule has 0 aliphatic carbocycles. The van der Waals surface area contributed by atoms with E-state index in [1.165, 1.54) is 0 Å². The van der Waals surface area contributed by atoms with Gasteiger partial charge in [0.2, 0.25) is 0 Å². The van der Waals surface area contributed by atoms with Gasteiger partial charge in [-0.1, -0.05) is 0 Å². The second-order valence-corrected chi connectivity index (χ2v) is 3.56. The molecule has 0 aliphatic heterocycles. The maximum Gasteiger partial charge on any atom is 0.436 e. The highest BCUT2D eigenvalue weighted by Gasteiger charge is 2.70. The molecule has 0 atom stereocenters. The summed E-state index contributed by atoms with van der Waals surface area (Å²) in [5, 5.41) is 8.47. The van der Waals surface area contributed by atoms with Crippen LogP contribution < -0.4 is 5.73 Å². The predicted octanol–water partition coefficient (Wildman–Crippen LogP) is 1.91. The van der Waals surface area contributed by atoms with Crippen molar-refractivity contribution in [1.82, 2.24) is 0 Å². The molecule has 0 saturated heterocycles. The first-order valence-electron chi connectivity index (χ1n) is 3.26. The Morgan fingerprint density at radius 1 is 1.00 bits per heavy atom. The van der Waals surface area contributed by atoms with Crippen LogP contribution in [0.2, 0.25) is 0 Å². The van der Waals surface area contributed by atoms with Crippen molar-refractivity contribution in [3.8, 4) is 0 Å². The molecule has 2 nitrogen and oxygen atoms in total. The van der Waals surface area contributed by atoms with Gasteiger partial charge >= 0.3 is 17.3 Å². The van der Waals surface area contributed by atoms with E-state index >= 15 is 0 Å². The molecule has 0 aromatic carbocycles. The molecule has 0 unspecified atom stereocenters. The molecule has 0 saturated carbocycles. The average Bonchev–Trinajstić information content (AvgIpc) is 1.95. The van der Waals surface area contributed by atoms with Gasteiger partial charge in [0.15, 0.2) is 0 Å². The van der Waals surface area contributed by atoms with Crippen LogP contribution in [0.5, 0.6) is 0 Å². The Morgan fingerprint density at radius 3 is 1.53 bits per heavy atom. The van der Waals surface area contributed by atoms with E-state index in [-0.39, 0.29) is 19.0 Å². The van der Waals surface area contributed by atoms with Gasteiger partial charge < -0.3 is 10.8 Å². The zero-order valence-electron chi connectivity index (χ0n) is 7.02. The first kappa shape index (κ1) is 17.5. The SMILES string of the molecule is Cl.NCCSC(O)(C(F)(F)F)C(F)(F)F. The lowest BCUT2D eigenvalue weighted by molar-refractivity contribution is -0.327. The molecule has 0 amide bonds. The molecule has 3 N–H and O–H groups in total. The van der Waals surface area contributed by atoms with Crippen molar-refractivity contribution >= 4 is 24.2 Å². The fourth-order valence-electron chi connectivity index (χ4n) is 0.531. The summed E-state index contributed by atoms with van der Waals surface area (Å²) in [5.41, 5.74) is 4.76. The van der Waals surface area contributed by atoms with Gasteiger partial charge in [0.25, 0.3) is 0 Å². The maximum absolute atomic E-state index is 11.9. The minimum Gasteiger partial charge on any atom is -0.364 e.